The van der Waals surface area contributed by atoms with Gasteiger partial charge in [0.25, 0.3) is 0 Å². The van der Waals surface area contributed by atoms with Gasteiger partial charge in [0, 0.05) is 24.7 Å². The second kappa shape index (κ2) is 6.26. The van der Waals surface area contributed by atoms with Crippen LogP contribution in [0.1, 0.15) is 31.4 Å². The number of methoxy groups -OCH3 is 1. The van der Waals surface area contributed by atoms with Gasteiger partial charge in [-0.2, -0.15) is 0 Å². The van der Waals surface area contributed by atoms with E-state index in [1.807, 2.05) is 24.0 Å². The van der Waals surface area contributed by atoms with E-state index in [9.17, 15) is 9.59 Å². The SMILES string of the molecule is COC(=O)CC(N)Cc1ccc2c(c1)CC(C)N2C(C)=O. The van der Waals surface area contributed by atoms with Crippen LogP contribution in [-0.4, -0.2) is 31.1 Å². The number of rotatable bonds is 4. The first-order valence-corrected chi connectivity index (χ1v) is 7.16. The van der Waals surface area contributed by atoms with Crippen molar-refractivity contribution in [3.63, 3.8) is 0 Å². The van der Waals surface area contributed by atoms with E-state index in [4.69, 9.17) is 5.73 Å². The zero-order chi connectivity index (χ0) is 15.6. The molecule has 21 heavy (non-hydrogen) atoms. The van der Waals surface area contributed by atoms with Gasteiger partial charge < -0.3 is 15.4 Å². The third-order valence-electron chi connectivity index (χ3n) is 3.85. The van der Waals surface area contributed by atoms with Crippen LogP contribution >= 0.6 is 0 Å². The molecule has 0 aromatic heterocycles. The molecule has 5 nitrogen and oxygen atoms in total. The molecule has 1 amide bonds. The van der Waals surface area contributed by atoms with E-state index in [0.717, 1.165) is 17.7 Å². The van der Waals surface area contributed by atoms with Gasteiger partial charge >= 0.3 is 5.97 Å². The Morgan fingerprint density at radius 3 is 2.81 bits per heavy atom. The maximum Gasteiger partial charge on any atom is 0.307 e. The third kappa shape index (κ3) is 3.42. The molecule has 114 valence electrons. The topological polar surface area (TPSA) is 72.6 Å². The van der Waals surface area contributed by atoms with Gasteiger partial charge in [-0.1, -0.05) is 12.1 Å². The van der Waals surface area contributed by atoms with Crippen LogP contribution in [-0.2, 0) is 27.2 Å². The molecule has 2 rings (SSSR count). The summed E-state index contributed by atoms with van der Waals surface area (Å²) < 4.78 is 4.62. The Balaban J connectivity index is 2.11. The predicted octanol–water partition coefficient (Wildman–Crippen LogP) is 1.42. The molecule has 0 saturated carbocycles. The van der Waals surface area contributed by atoms with Crippen molar-refractivity contribution in [2.45, 2.75) is 45.2 Å². The summed E-state index contributed by atoms with van der Waals surface area (Å²) in [5, 5.41) is 0. The van der Waals surface area contributed by atoms with Crippen molar-refractivity contribution in [3.8, 4) is 0 Å². The molecule has 2 unspecified atom stereocenters. The van der Waals surface area contributed by atoms with Crippen molar-refractivity contribution in [1.29, 1.82) is 0 Å². The maximum atomic E-state index is 11.7. The zero-order valence-electron chi connectivity index (χ0n) is 12.8. The lowest BCUT2D eigenvalue weighted by Gasteiger charge is -2.20. The molecule has 0 aliphatic carbocycles. The van der Waals surface area contributed by atoms with E-state index < -0.39 is 0 Å². The number of amides is 1. The number of nitrogens with zero attached hydrogens (tertiary/aromatic N) is 1. The Morgan fingerprint density at radius 2 is 2.19 bits per heavy atom. The van der Waals surface area contributed by atoms with Crippen LogP contribution in [0.2, 0.25) is 0 Å². The molecule has 1 heterocycles. The molecule has 1 aromatic rings. The quantitative estimate of drug-likeness (QED) is 0.851. The lowest BCUT2D eigenvalue weighted by atomic mass is 10.0. The molecule has 2 atom stereocenters. The summed E-state index contributed by atoms with van der Waals surface area (Å²) >= 11 is 0. The summed E-state index contributed by atoms with van der Waals surface area (Å²) in [7, 11) is 1.36. The number of benzene rings is 1. The lowest BCUT2D eigenvalue weighted by Crippen LogP contribution is -2.33. The summed E-state index contributed by atoms with van der Waals surface area (Å²) in [4.78, 5) is 24.7. The van der Waals surface area contributed by atoms with E-state index in [2.05, 4.69) is 10.8 Å². The van der Waals surface area contributed by atoms with Crippen LogP contribution in [0.5, 0.6) is 0 Å². The molecule has 2 N–H and O–H groups in total. The maximum absolute atomic E-state index is 11.7. The number of fused-ring (bicyclic) bond motifs is 1. The van der Waals surface area contributed by atoms with Gasteiger partial charge in [-0.3, -0.25) is 9.59 Å². The number of anilines is 1. The number of nitrogens with two attached hydrogens (primary N) is 1. The number of carbonyl (C=O) groups excluding carboxylic acids is 2. The minimum atomic E-state index is -0.292. The van der Waals surface area contributed by atoms with Gasteiger partial charge in [0.1, 0.15) is 0 Å². The van der Waals surface area contributed by atoms with E-state index in [0.29, 0.717) is 6.42 Å². The number of hydrogen-bond donors (Lipinski definition) is 1. The molecule has 5 heteroatoms. The number of esters is 1. The third-order valence-corrected chi connectivity index (χ3v) is 3.85. The highest BCUT2D eigenvalue weighted by atomic mass is 16.5. The van der Waals surface area contributed by atoms with Crippen molar-refractivity contribution in [1.82, 2.24) is 0 Å². The van der Waals surface area contributed by atoms with Gasteiger partial charge in [-0.05, 0) is 37.0 Å². The Kier molecular flexibility index (Phi) is 4.63. The first-order valence-electron chi connectivity index (χ1n) is 7.16. The Hall–Kier alpha value is -1.88. The van der Waals surface area contributed by atoms with Crippen molar-refractivity contribution in [2.24, 2.45) is 5.73 Å². The normalized spacial score (nSPS) is 18.3. The average molecular weight is 290 g/mol. The summed E-state index contributed by atoms with van der Waals surface area (Å²) in [5.74, 6) is -0.226. The van der Waals surface area contributed by atoms with E-state index in [1.54, 1.807) is 6.92 Å². The molecule has 0 saturated heterocycles. The van der Waals surface area contributed by atoms with Crippen LogP contribution in [0.25, 0.3) is 0 Å². The fourth-order valence-electron chi connectivity index (χ4n) is 2.96. The molecular weight excluding hydrogens is 268 g/mol. The summed E-state index contributed by atoms with van der Waals surface area (Å²) in [6.07, 6.45) is 1.69. The Morgan fingerprint density at radius 1 is 1.48 bits per heavy atom. The van der Waals surface area contributed by atoms with Gasteiger partial charge in [0.05, 0.1) is 13.5 Å². The summed E-state index contributed by atoms with van der Waals surface area (Å²) in [6, 6.07) is 5.98. The van der Waals surface area contributed by atoms with Gasteiger partial charge in [0.2, 0.25) is 5.91 Å². The fraction of sp³-hybridized carbons (Fsp3) is 0.500. The standard InChI is InChI=1S/C16H22N2O3/c1-10-6-13-7-12(8-14(17)9-16(20)21-3)4-5-15(13)18(10)11(2)19/h4-5,7,10,14H,6,8-9,17H2,1-3H3. The fourth-order valence-corrected chi connectivity index (χ4v) is 2.96. The average Bonchev–Trinajstić information content (AvgIpc) is 2.73. The number of ether oxygens (including phenoxy) is 1. The highest BCUT2D eigenvalue weighted by Crippen LogP contribution is 2.33. The first-order chi connectivity index (χ1) is 9.92. The second-order valence-electron chi connectivity index (χ2n) is 5.65. The van der Waals surface area contributed by atoms with Gasteiger partial charge in [-0.15, -0.1) is 0 Å². The van der Waals surface area contributed by atoms with E-state index in [-0.39, 0.29) is 30.4 Å². The van der Waals surface area contributed by atoms with Crippen molar-refractivity contribution >= 4 is 17.6 Å². The summed E-state index contributed by atoms with van der Waals surface area (Å²) in [5.41, 5.74) is 9.20. The highest BCUT2D eigenvalue weighted by molar-refractivity contribution is 5.94. The molecule has 0 bridgehead atoms. The van der Waals surface area contributed by atoms with Crippen molar-refractivity contribution < 1.29 is 14.3 Å². The Labute approximate surface area is 125 Å². The van der Waals surface area contributed by atoms with Crippen LogP contribution in [0.15, 0.2) is 18.2 Å². The van der Waals surface area contributed by atoms with Gasteiger partial charge in [0.15, 0.2) is 0 Å². The second-order valence-corrected chi connectivity index (χ2v) is 5.65. The monoisotopic (exact) mass is 290 g/mol. The first kappa shape index (κ1) is 15.5. The van der Waals surface area contributed by atoms with Crippen LogP contribution in [0.3, 0.4) is 0 Å². The molecule has 1 aliphatic heterocycles. The minimum absolute atomic E-state index is 0.0661. The van der Waals surface area contributed by atoms with Crippen LogP contribution in [0.4, 0.5) is 5.69 Å². The Bertz CT molecular complexity index is 556. The molecule has 0 fully saturated rings. The summed E-state index contributed by atoms with van der Waals surface area (Å²) in [6.45, 7) is 3.63. The predicted molar refractivity (Wildman–Crippen MR) is 81.1 cm³/mol. The molecule has 0 radical (unpaired) electrons. The van der Waals surface area contributed by atoms with E-state index >= 15 is 0 Å². The molecular formula is C16H22N2O3. The molecule has 1 aromatic carbocycles. The number of carbonyl (C=O) groups is 2. The molecule has 1 aliphatic rings. The van der Waals surface area contributed by atoms with Crippen molar-refractivity contribution in [3.05, 3.63) is 29.3 Å². The van der Waals surface area contributed by atoms with E-state index in [1.165, 1.54) is 12.7 Å². The van der Waals surface area contributed by atoms with Crippen LogP contribution in [0, 0.1) is 0 Å². The van der Waals surface area contributed by atoms with Gasteiger partial charge in [-0.25, -0.2) is 0 Å². The minimum Gasteiger partial charge on any atom is -0.469 e. The number of hydrogen-bond acceptors (Lipinski definition) is 4. The largest absolute Gasteiger partial charge is 0.469 e. The van der Waals surface area contributed by atoms with Crippen molar-refractivity contribution in [2.75, 3.05) is 12.0 Å². The molecule has 0 spiro atoms. The van der Waals surface area contributed by atoms with Crippen LogP contribution < -0.4 is 10.6 Å². The highest BCUT2D eigenvalue weighted by Gasteiger charge is 2.28. The lowest BCUT2D eigenvalue weighted by molar-refractivity contribution is -0.141. The zero-order valence-corrected chi connectivity index (χ0v) is 12.8. The smallest absolute Gasteiger partial charge is 0.307 e.